The van der Waals surface area contributed by atoms with Crippen LogP contribution >= 0.6 is 0 Å². The zero-order chi connectivity index (χ0) is 27.5. The van der Waals surface area contributed by atoms with Gasteiger partial charge in [0.2, 0.25) is 5.71 Å². The molecule has 38 heavy (non-hydrogen) atoms. The maximum absolute atomic E-state index is 13.2. The molecule has 0 radical (unpaired) electrons. The topological polar surface area (TPSA) is 71.2 Å². The van der Waals surface area contributed by atoms with Crippen LogP contribution < -0.4 is 0 Å². The SMILES string of the molecule is CCCC(CCC)c1ccccc1CCOC(=O)/C(=N/O)C1=NCC(CCC)(CCC)c2c(C)cccc21. The van der Waals surface area contributed by atoms with Gasteiger partial charge in [-0.15, -0.1) is 0 Å². The standard InChI is InChI=1S/C33H46N2O3/c1-6-13-25(14-7-2)27-17-11-10-16-26(27)19-22-38-32(36)31(35-37)30-28-18-12-15-24(5)29(28)33(20-8-3,21-9-4)23-34-30/h10-12,15-18,25,37H,6-9,13-14,19-23H2,1-5H3/b35-31+. The number of aliphatic imine (C=N–C) groups is 1. The van der Waals surface area contributed by atoms with Gasteiger partial charge in [0, 0.05) is 23.9 Å². The van der Waals surface area contributed by atoms with Gasteiger partial charge < -0.3 is 9.94 Å². The third-order valence-electron chi connectivity index (χ3n) is 7.95. The molecule has 0 spiro atoms. The molecule has 1 N–H and O–H groups in total. The molecule has 206 valence electrons. The second-order valence-corrected chi connectivity index (χ2v) is 10.8. The highest BCUT2D eigenvalue weighted by molar-refractivity contribution is 6.69. The lowest BCUT2D eigenvalue weighted by Crippen LogP contribution is -2.40. The lowest BCUT2D eigenvalue weighted by Gasteiger charge is -2.39. The Labute approximate surface area is 229 Å². The van der Waals surface area contributed by atoms with E-state index >= 15 is 0 Å². The quantitative estimate of drug-likeness (QED) is 0.119. The Balaban J connectivity index is 1.80. The second kappa shape index (κ2) is 14.3. The van der Waals surface area contributed by atoms with Crippen molar-refractivity contribution in [2.24, 2.45) is 10.1 Å². The van der Waals surface area contributed by atoms with Crippen molar-refractivity contribution in [2.75, 3.05) is 13.2 Å². The summed E-state index contributed by atoms with van der Waals surface area (Å²) in [5, 5.41) is 13.3. The maximum Gasteiger partial charge on any atom is 0.362 e. The van der Waals surface area contributed by atoms with Crippen LogP contribution in [-0.4, -0.2) is 35.8 Å². The molecule has 3 rings (SSSR count). The summed E-state index contributed by atoms with van der Waals surface area (Å²) < 4.78 is 5.69. The van der Waals surface area contributed by atoms with Crippen molar-refractivity contribution in [3.63, 3.8) is 0 Å². The molecule has 1 aliphatic rings. The Kier molecular flexibility index (Phi) is 11.1. The van der Waals surface area contributed by atoms with E-state index in [2.05, 4.69) is 64.0 Å². The minimum absolute atomic E-state index is 0.0601. The third kappa shape index (κ3) is 6.54. The van der Waals surface area contributed by atoms with E-state index in [4.69, 9.17) is 9.73 Å². The molecule has 0 aliphatic carbocycles. The van der Waals surface area contributed by atoms with Crippen molar-refractivity contribution in [2.45, 2.75) is 104 Å². The maximum atomic E-state index is 13.2. The molecule has 0 amide bonds. The average Bonchev–Trinajstić information content (AvgIpc) is 2.91. The molecule has 2 aromatic carbocycles. The molecule has 1 aliphatic heterocycles. The van der Waals surface area contributed by atoms with E-state index < -0.39 is 5.97 Å². The largest absolute Gasteiger partial charge is 0.460 e. The fourth-order valence-electron chi connectivity index (χ4n) is 6.48. The normalized spacial score (nSPS) is 14.8. The minimum atomic E-state index is -0.631. The first-order chi connectivity index (χ1) is 18.5. The fraction of sp³-hybridized carbons (Fsp3) is 0.545. The second-order valence-electron chi connectivity index (χ2n) is 10.8. The van der Waals surface area contributed by atoms with Crippen LogP contribution in [0.15, 0.2) is 52.6 Å². The summed E-state index contributed by atoms with van der Waals surface area (Å²) in [5.41, 5.74) is 6.14. The Morgan fingerprint density at radius 1 is 1.00 bits per heavy atom. The van der Waals surface area contributed by atoms with E-state index in [0.29, 0.717) is 24.6 Å². The van der Waals surface area contributed by atoms with Crippen LogP contribution in [0, 0.1) is 6.92 Å². The zero-order valence-corrected chi connectivity index (χ0v) is 24.1. The number of hydrogen-bond acceptors (Lipinski definition) is 5. The molecule has 0 saturated heterocycles. The molecule has 0 saturated carbocycles. The number of hydrogen-bond donors (Lipinski definition) is 1. The molecule has 5 nitrogen and oxygen atoms in total. The number of nitrogens with zero attached hydrogens (tertiary/aromatic N) is 2. The summed E-state index contributed by atoms with van der Waals surface area (Å²) in [5.74, 6) is -0.109. The summed E-state index contributed by atoms with van der Waals surface area (Å²) in [6.45, 7) is 11.8. The lowest BCUT2D eigenvalue weighted by atomic mass is 9.68. The summed E-state index contributed by atoms with van der Waals surface area (Å²) in [4.78, 5) is 18.1. The highest BCUT2D eigenvalue weighted by Gasteiger charge is 2.39. The van der Waals surface area contributed by atoms with Gasteiger partial charge in [0.25, 0.3) is 0 Å². The monoisotopic (exact) mass is 518 g/mol. The number of oxime groups is 1. The number of benzene rings is 2. The molecule has 5 heteroatoms. The summed E-state index contributed by atoms with van der Waals surface area (Å²) in [6.07, 6.45) is 9.40. The molecule has 0 aromatic heterocycles. The fourth-order valence-corrected chi connectivity index (χ4v) is 6.48. The van der Waals surface area contributed by atoms with Crippen LogP contribution in [0.25, 0.3) is 0 Å². The van der Waals surface area contributed by atoms with Crippen molar-refractivity contribution in [1.82, 2.24) is 0 Å². The average molecular weight is 519 g/mol. The van der Waals surface area contributed by atoms with E-state index in [1.54, 1.807) is 0 Å². The Morgan fingerprint density at radius 2 is 1.68 bits per heavy atom. The first-order valence-corrected chi connectivity index (χ1v) is 14.6. The van der Waals surface area contributed by atoms with Gasteiger partial charge in [-0.25, -0.2) is 4.79 Å². The number of aryl methyl sites for hydroxylation is 1. The van der Waals surface area contributed by atoms with Gasteiger partial charge in [0.1, 0.15) is 5.71 Å². The molecule has 1 heterocycles. The first-order valence-electron chi connectivity index (χ1n) is 14.6. The molecule has 0 bridgehead atoms. The van der Waals surface area contributed by atoms with Gasteiger partial charge in [-0.05, 0) is 60.8 Å². The summed E-state index contributed by atoms with van der Waals surface area (Å²) in [6, 6.07) is 14.6. The van der Waals surface area contributed by atoms with Gasteiger partial charge in [0.05, 0.1) is 6.61 Å². The third-order valence-corrected chi connectivity index (χ3v) is 7.95. The first kappa shape index (κ1) is 29.6. The Bertz CT molecular complexity index is 1120. The summed E-state index contributed by atoms with van der Waals surface area (Å²) >= 11 is 0. The smallest absolute Gasteiger partial charge is 0.362 e. The molecule has 0 unspecified atom stereocenters. The van der Waals surface area contributed by atoms with Gasteiger partial charge in [-0.3, -0.25) is 4.99 Å². The Hall–Kier alpha value is -2.95. The van der Waals surface area contributed by atoms with Gasteiger partial charge >= 0.3 is 5.97 Å². The van der Waals surface area contributed by atoms with Gasteiger partial charge in [-0.2, -0.15) is 0 Å². The van der Waals surface area contributed by atoms with Gasteiger partial charge in [-0.1, -0.05) is 101 Å². The number of esters is 1. The van der Waals surface area contributed by atoms with Crippen molar-refractivity contribution in [1.29, 1.82) is 0 Å². The molecular formula is C33H46N2O3. The van der Waals surface area contributed by atoms with Crippen LogP contribution in [0.2, 0.25) is 0 Å². The molecule has 0 atom stereocenters. The van der Waals surface area contributed by atoms with E-state index in [0.717, 1.165) is 56.9 Å². The van der Waals surface area contributed by atoms with Crippen LogP contribution in [0.4, 0.5) is 0 Å². The van der Waals surface area contributed by atoms with Crippen molar-refractivity contribution in [3.8, 4) is 0 Å². The van der Waals surface area contributed by atoms with Crippen LogP contribution in [0.1, 0.15) is 113 Å². The highest BCUT2D eigenvalue weighted by atomic mass is 16.5. The predicted octanol–water partition coefficient (Wildman–Crippen LogP) is 7.94. The van der Waals surface area contributed by atoms with Crippen LogP contribution in [-0.2, 0) is 21.4 Å². The highest BCUT2D eigenvalue weighted by Crippen LogP contribution is 2.41. The van der Waals surface area contributed by atoms with Gasteiger partial charge in [0.15, 0.2) is 0 Å². The van der Waals surface area contributed by atoms with E-state index in [1.807, 2.05) is 18.2 Å². The van der Waals surface area contributed by atoms with E-state index in [-0.39, 0.29) is 17.7 Å². The van der Waals surface area contributed by atoms with Crippen molar-refractivity contribution >= 4 is 17.4 Å². The number of ether oxygens (including phenoxy) is 1. The van der Waals surface area contributed by atoms with Crippen LogP contribution in [0.3, 0.4) is 0 Å². The number of fused-ring (bicyclic) bond motifs is 1. The van der Waals surface area contributed by atoms with Crippen molar-refractivity contribution < 1.29 is 14.7 Å². The number of carbonyl (C=O) groups excluding carboxylic acids is 1. The molecule has 2 aromatic rings. The number of rotatable bonds is 14. The molecule has 0 fully saturated rings. The zero-order valence-electron chi connectivity index (χ0n) is 24.1. The van der Waals surface area contributed by atoms with Crippen LogP contribution in [0.5, 0.6) is 0 Å². The lowest BCUT2D eigenvalue weighted by molar-refractivity contribution is -0.135. The van der Waals surface area contributed by atoms with E-state index in [1.165, 1.54) is 22.3 Å². The van der Waals surface area contributed by atoms with Crippen molar-refractivity contribution in [3.05, 3.63) is 70.3 Å². The minimum Gasteiger partial charge on any atom is -0.460 e. The number of carbonyl (C=O) groups is 1. The molecular weight excluding hydrogens is 472 g/mol. The van der Waals surface area contributed by atoms with E-state index in [9.17, 15) is 10.0 Å². The Morgan fingerprint density at radius 3 is 2.32 bits per heavy atom. The predicted molar refractivity (Wildman–Crippen MR) is 157 cm³/mol. The summed E-state index contributed by atoms with van der Waals surface area (Å²) in [7, 11) is 0.